The highest BCUT2D eigenvalue weighted by atomic mass is 16.3. The Morgan fingerprint density at radius 2 is 1.43 bits per heavy atom. The van der Waals surface area contributed by atoms with Gasteiger partial charge in [0.25, 0.3) is 17.7 Å². The van der Waals surface area contributed by atoms with Gasteiger partial charge in [0, 0.05) is 46.7 Å². The summed E-state index contributed by atoms with van der Waals surface area (Å²) in [6.07, 6.45) is 6.08. The molecule has 4 N–H and O–H groups in total. The molecule has 1 unspecified atom stereocenters. The van der Waals surface area contributed by atoms with E-state index in [1.54, 1.807) is 101 Å². The fourth-order valence-corrected chi connectivity index (χ4v) is 6.98. The first-order valence-corrected chi connectivity index (χ1v) is 18.5. The molecule has 3 atom stereocenters. The number of benzene rings is 5. The maximum Gasteiger partial charge on any atom is 0.264 e. The summed E-state index contributed by atoms with van der Waals surface area (Å²) in [4.78, 5) is 41.9. The van der Waals surface area contributed by atoms with Crippen molar-refractivity contribution in [3.8, 4) is 0 Å². The predicted octanol–water partition coefficient (Wildman–Crippen LogP) is 6.92. The second kappa shape index (κ2) is 16.8. The SMILES string of the molecule is C[C@H](/C=C/CCn1cc(C(CO)c2ccccc2)nn1)[C@@]1(O)C(=O)N(Cc2cccc(NC(=O)c3ccccc3)c2)c2ccc(NC(=O)c3ccccc3)cc21. The van der Waals surface area contributed by atoms with Gasteiger partial charge in [0.05, 0.1) is 30.5 Å². The number of carbonyl (C=O) groups excluding carboxylic acids is 3. The van der Waals surface area contributed by atoms with Crippen LogP contribution in [0.4, 0.5) is 17.1 Å². The summed E-state index contributed by atoms with van der Waals surface area (Å²) >= 11 is 0. The molecule has 6 aromatic rings. The molecular formula is C45H42N6O5. The van der Waals surface area contributed by atoms with Gasteiger partial charge in [-0.15, -0.1) is 5.10 Å². The van der Waals surface area contributed by atoms with Gasteiger partial charge in [0.2, 0.25) is 0 Å². The first kappa shape index (κ1) is 37.6. The van der Waals surface area contributed by atoms with Gasteiger partial charge in [-0.3, -0.25) is 19.1 Å². The molecule has 11 heteroatoms. The Bertz CT molecular complexity index is 2350. The van der Waals surface area contributed by atoms with Crippen molar-refractivity contribution in [1.29, 1.82) is 0 Å². The number of aliphatic hydroxyl groups is 2. The minimum atomic E-state index is -1.96. The number of aryl methyl sites for hydroxylation is 1. The van der Waals surface area contributed by atoms with Gasteiger partial charge in [0.15, 0.2) is 5.60 Å². The van der Waals surface area contributed by atoms with E-state index in [0.717, 1.165) is 11.1 Å². The number of nitrogens with zero attached hydrogens (tertiary/aromatic N) is 4. The number of anilines is 3. The van der Waals surface area contributed by atoms with E-state index < -0.39 is 17.4 Å². The number of hydrogen-bond donors (Lipinski definition) is 4. The van der Waals surface area contributed by atoms with Crippen LogP contribution in [-0.2, 0) is 23.5 Å². The van der Waals surface area contributed by atoms with E-state index in [1.807, 2.05) is 66.9 Å². The average molecular weight is 747 g/mol. The number of nitrogens with one attached hydrogen (secondary N) is 2. The molecule has 7 rings (SSSR count). The van der Waals surface area contributed by atoms with Gasteiger partial charge in [-0.2, -0.15) is 0 Å². The molecule has 0 radical (unpaired) electrons. The summed E-state index contributed by atoms with van der Waals surface area (Å²) in [5.74, 6) is -2.03. The summed E-state index contributed by atoms with van der Waals surface area (Å²) in [6, 6.07) is 39.7. The molecule has 5 aromatic carbocycles. The van der Waals surface area contributed by atoms with Crippen molar-refractivity contribution >= 4 is 34.8 Å². The first-order chi connectivity index (χ1) is 27.2. The van der Waals surface area contributed by atoms with Gasteiger partial charge in [-0.1, -0.05) is 103 Å². The smallest absolute Gasteiger partial charge is 0.264 e. The van der Waals surface area contributed by atoms with Crippen LogP contribution in [0.2, 0.25) is 0 Å². The fourth-order valence-electron chi connectivity index (χ4n) is 6.98. The number of fused-ring (bicyclic) bond motifs is 1. The molecule has 3 amide bonds. The van der Waals surface area contributed by atoms with Gasteiger partial charge in [-0.25, -0.2) is 0 Å². The van der Waals surface area contributed by atoms with Crippen LogP contribution in [0.15, 0.2) is 152 Å². The number of allylic oxidation sites excluding steroid dienone is 1. The molecule has 11 nitrogen and oxygen atoms in total. The number of rotatable bonds is 14. The Morgan fingerprint density at radius 3 is 2.07 bits per heavy atom. The van der Waals surface area contributed by atoms with Crippen LogP contribution in [0.25, 0.3) is 0 Å². The molecule has 0 spiro atoms. The number of carbonyl (C=O) groups is 3. The highest BCUT2D eigenvalue weighted by Crippen LogP contribution is 2.47. The Hall–Kier alpha value is -6.69. The summed E-state index contributed by atoms with van der Waals surface area (Å²) < 4.78 is 1.71. The molecule has 0 bridgehead atoms. The monoisotopic (exact) mass is 746 g/mol. The molecule has 1 aliphatic heterocycles. The van der Waals surface area contributed by atoms with Crippen LogP contribution >= 0.6 is 0 Å². The molecule has 1 aliphatic rings. The van der Waals surface area contributed by atoms with Crippen molar-refractivity contribution in [3.63, 3.8) is 0 Å². The van der Waals surface area contributed by atoms with E-state index in [0.29, 0.717) is 52.4 Å². The Labute approximate surface area is 324 Å². The van der Waals surface area contributed by atoms with E-state index in [1.165, 1.54) is 0 Å². The lowest BCUT2D eigenvalue weighted by Gasteiger charge is -2.28. The van der Waals surface area contributed by atoms with Gasteiger partial charge in [0.1, 0.15) is 0 Å². The number of amides is 3. The van der Waals surface area contributed by atoms with E-state index in [-0.39, 0.29) is 30.9 Å². The summed E-state index contributed by atoms with van der Waals surface area (Å²) in [5.41, 5.74) is 3.29. The van der Waals surface area contributed by atoms with Crippen LogP contribution in [0, 0.1) is 5.92 Å². The predicted molar refractivity (Wildman–Crippen MR) is 215 cm³/mol. The highest BCUT2D eigenvalue weighted by Gasteiger charge is 2.52. The molecule has 0 saturated heterocycles. The number of aromatic nitrogens is 3. The topological polar surface area (TPSA) is 150 Å². The lowest BCUT2D eigenvalue weighted by atomic mass is 9.82. The molecule has 0 aliphatic carbocycles. The third-order valence-electron chi connectivity index (χ3n) is 10.0. The van der Waals surface area contributed by atoms with Gasteiger partial charge >= 0.3 is 0 Å². The summed E-state index contributed by atoms with van der Waals surface area (Å²) in [6.45, 7) is 2.31. The highest BCUT2D eigenvalue weighted by molar-refractivity contribution is 6.09. The minimum absolute atomic E-state index is 0.0981. The average Bonchev–Trinajstić information content (AvgIpc) is 3.78. The molecule has 56 heavy (non-hydrogen) atoms. The first-order valence-electron chi connectivity index (χ1n) is 18.5. The molecule has 1 aromatic heterocycles. The lowest BCUT2D eigenvalue weighted by Crippen LogP contribution is -2.44. The standard InChI is InChI=1S/C45H42N6O5/c1-31(14-11-12-25-50-29-40(48-49-50)38(30-52)33-16-5-2-6-17-33)45(56)39-27-37(47-43(54)35-20-9-4-10-21-35)23-24-41(39)51(44(45)55)28-32-15-13-22-36(26-32)46-42(53)34-18-7-3-8-19-34/h2-11,13-24,26-27,29,31,38,52,56H,12,25,28,30H2,1H3,(H,46,53)(H,47,54)/b14-11+/t31-,38?,45+/m1/s1. The normalized spacial score (nSPS) is 16.1. The van der Waals surface area contributed by atoms with Crippen LogP contribution in [0.3, 0.4) is 0 Å². The summed E-state index contributed by atoms with van der Waals surface area (Å²) in [5, 5.41) is 36.9. The quantitative estimate of drug-likeness (QED) is 0.0884. The number of hydrogen-bond acceptors (Lipinski definition) is 7. The van der Waals surface area contributed by atoms with Crippen molar-refractivity contribution in [3.05, 3.63) is 185 Å². The van der Waals surface area contributed by atoms with E-state index >= 15 is 0 Å². The van der Waals surface area contributed by atoms with Crippen molar-refractivity contribution < 1.29 is 24.6 Å². The Morgan fingerprint density at radius 1 is 0.804 bits per heavy atom. The van der Waals surface area contributed by atoms with E-state index in [9.17, 15) is 24.6 Å². The van der Waals surface area contributed by atoms with Crippen LogP contribution < -0.4 is 15.5 Å². The lowest BCUT2D eigenvalue weighted by molar-refractivity contribution is -0.139. The zero-order valence-electron chi connectivity index (χ0n) is 30.8. The van der Waals surface area contributed by atoms with E-state index in [2.05, 4.69) is 20.9 Å². The largest absolute Gasteiger partial charge is 0.395 e. The molecular weight excluding hydrogens is 705 g/mol. The maximum atomic E-state index is 14.4. The molecule has 0 fully saturated rings. The third-order valence-corrected chi connectivity index (χ3v) is 10.0. The Kier molecular flexibility index (Phi) is 11.3. The zero-order valence-corrected chi connectivity index (χ0v) is 30.8. The van der Waals surface area contributed by atoms with Gasteiger partial charge in [-0.05, 0) is 72.1 Å². The van der Waals surface area contributed by atoms with Gasteiger partial charge < -0.3 is 25.7 Å². The van der Waals surface area contributed by atoms with Crippen LogP contribution in [0.1, 0.15) is 62.4 Å². The van der Waals surface area contributed by atoms with Crippen molar-refractivity contribution in [2.75, 3.05) is 22.1 Å². The minimum Gasteiger partial charge on any atom is -0.395 e. The second-order valence-electron chi connectivity index (χ2n) is 13.8. The van der Waals surface area contributed by atoms with Crippen molar-refractivity contribution in [2.24, 2.45) is 5.92 Å². The van der Waals surface area contributed by atoms with Crippen molar-refractivity contribution in [2.45, 2.75) is 38.0 Å². The summed E-state index contributed by atoms with van der Waals surface area (Å²) in [7, 11) is 0. The Balaban J connectivity index is 1.11. The van der Waals surface area contributed by atoms with Crippen LogP contribution in [-0.4, -0.2) is 49.5 Å². The molecule has 2 heterocycles. The zero-order chi connectivity index (χ0) is 39.1. The molecule has 0 saturated carbocycles. The maximum absolute atomic E-state index is 14.4. The molecule has 282 valence electrons. The fraction of sp³-hybridized carbons (Fsp3) is 0.178. The number of aliphatic hydroxyl groups excluding tert-OH is 1. The third kappa shape index (κ3) is 8.04. The van der Waals surface area contributed by atoms with E-state index in [4.69, 9.17) is 0 Å². The van der Waals surface area contributed by atoms with Crippen LogP contribution in [0.5, 0.6) is 0 Å². The van der Waals surface area contributed by atoms with Crippen molar-refractivity contribution in [1.82, 2.24) is 15.0 Å². The second-order valence-corrected chi connectivity index (χ2v) is 13.8.